The molecule has 0 unspecified atom stereocenters. The lowest BCUT2D eigenvalue weighted by atomic mass is 10.1. The summed E-state index contributed by atoms with van der Waals surface area (Å²) in [5.41, 5.74) is 7.44. The molecule has 1 aromatic rings. The number of anilines is 1. The van der Waals surface area contributed by atoms with Gasteiger partial charge in [0.15, 0.2) is 9.84 Å². The summed E-state index contributed by atoms with van der Waals surface area (Å²) in [4.78, 5) is 8.55. The van der Waals surface area contributed by atoms with Crippen LogP contribution in [-0.2, 0) is 29.2 Å². The number of sulfone groups is 1. The molecular weight excluding hydrogens is 240 g/mol. The molecule has 0 radical (unpaired) electrons. The van der Waals surface area contributed by atoms with E-state index in [2.05, 4.69) is 15.3 Å². The van der Waals surface area contributed by atoms with Gasteiger partial charge in [-0.05, 0) is 13.5 Å². The van der Waals surface area contributed by atoms with Crippen molar-refractivity contribution < 1.29 is 8.42 Å². The zero-order chi connectivity index (χ0) is 12.5. The second kappa shape index (κ2) is 4.58. The van der Waals surface area contributed by atoms with Crippen molar-refractivity contribution in [2.24, 2.45) is 0 Å². The van der Waals surface area contributed by atoms with Gasteiger partial charge in [-0.15, -0.1) is 0 Å². The van der Waals surface area contributed by atoms with Crippen LogP contribution in [0.25, 0.3) is 0 Å². The Kier molecular flexibility index (Phi) is 3.30. The molecule has 0 saturated carbocycles. The van der Waals surface area contributed by atoms with E-state index in [1.54, 1.807) is 7.05 Å². The van der Waals surface area contributed by atoms with Gasteiger partial charge in [0.2, 0.25) is 0 Å². The standard InChI is InChI=1S/C10H16N4O2S/c1-12-6-9-13-8-3-5-17(15,16)4-2-7(8)10(11)14-9/h12H,2-6H2,1H3,(H2,11,13,14). The number of nitrogens with zero attached hydrogens (tertiary/aromatic N) is 2. The molecule has 6 nitrogen and oxygen atoms in total. The Hall–Kier alpha value is -1.21. The van der Waals surface area contributed by atoms with Crippen LogP contribution < -0.4 is 11.1 Å². The van der Waals surface area contributed by atoms with Crippen molar-refractivity contribution >= 4 is 15.7 Å². The predicted molar refractivity (Wildman–Crippen MR) is 65.3 cm³/mol. The minimum Gasteiger partial charge on any atom is -0.383 e. The lowest BCUT2D eigenvalue weighted by Gasteiger charge is -2.09. The molecule has 0 atom stereocenters. The van der Waals surface area contributed by atoms with Crippen LogP contribution in [0, 0.1) is 0 Å². The van der Waals surface area contributed by atoms with Crippen molar-refractivity contribution in [3.63, 3.8) is 0 Å². The topological polar surface area (TPSA) is 98.0 Å². The molecule has 0 saturated heterocycles. The Labute approximate surface area is 101 Å². The molecule has 94 valence electrons. The summed E-state index contributed by atoms with van der Waals surface area (Å²) in [6, 6.07) is 0. The summed E-state index contributed by atoms with van der Waals surface area (Å²) in [6.07, 6.45) is 0.852. The molecule has 0 amide bonds. The Morgan fingerprint density at radius 1 is 1.29 bits per heavy atom. The number of nitrogens with two attached hydrogens (primary N) is 1. The number of nitrogens with one attached hydrogen (secondary N) is 1. The number of rotatable bonds is 2. The van der Waals surface area contributed by atoms with Crippen LogP contribution in [0.15, 0.2) is 0 Å². The van der Waals surface area contributed by atoms with E-state index in [0.717, 1.165) is 11.3 Å². The number of nitrogen functional groups attached to an aromatic ring is 1. The van der Waals surface area contributed by atoms with E-state index in [1.165, 1.54) is 0 Å². The van der Waals surface area contributed by atoms with E-state index < -0.39 is 9.84 Å². The normalized spacial score (nSPS) is 18.4. The van der Waals surface area contributed by atoms with E-state index >= 15 is 0 Å². The maximum atomic E-state index is 11.6. The molecule has 0 fully saturated rings. The van der Waals surface area contributed by atoms with Gasteiger partial charge in [0.05, 0.1) is 23.7 Å². The summed E-state index contributed by atoms with van der Waals surface area (Å²) in [5.74, 6) is 1.31. The largest absolute Gasteiger partial charge is 0.383 e. The minimum atomic E-state index is -2.97. The van der Waals surface area contributed by atoms with Crippen molar-refractivity contribution in [1.29, 1.82) is 0 Å². The Morgan fingerprint density at radius 3 is 2.71 bits per heavy atom. The molecule has 3 N–H and O–H groups in total. The fourth-order valence-corrected chi connectivity index (χ4v) is 3.15. The summed E-state index contributed by atoms with van der Waals surface area (Å²) in [5, 5.41) is 2.95. The van der Waals surface area contributed by atoms with Gasteiger partial charge < -0.3 is 11.1 Å². The molecule has 1 aliphatic rings. The highest BCUT2D eigenvalue weighted by atomic mass is 32.2. The first-order valence-corrected chi connectivity index (χ1v) is 7.33. The molecule has 17 heavy (non-hydrogen) atoms. The molecule has 2 heterocycles. The van der Waals surface area contributed by atoms with Gasteiger partial charge in [-0.1, -0.05) is 0 Å². The molecule has 1 aromatic heterocycles. The Balaban J connectivity index is 2.39. The third kappa shape index (κ3) is 2.73. The van der Waals surface area contributed by atoms with Crippen LogP contribution in [0.5, 0.6) is 0 Å². The number of hydrogen-bond donors (Lipinski definition) is 2. The summed E-state index contributed by atoms with van der Waals surface area (Å²) >= 11 is 0. The quantitative estimate of drug-likeness (QED) is 0.725. The van der Waals surface area contributed by atoms with Crippen LogP contribution in [0.2, 0.25) is 0 Å². The SMILES string of the molecule is CNCc1nc(N)c2c(n1)CCS(=O)(=O)CC2. The van der Waals surface area contributed by atoms with Crippen molar-refractivity contribution in [1.82, 2.24) is 15.3 Å². The highest BCUT2D eigenvalue weighted by Crippen LogP contribution is 2.20. The highest BCUT2D eigenvalue weighted by Gasteiger charge is 2.22. The molecule has 0 bridgehead atoms. The summed E-state index contributed by atoms with van der Waals surface area (Å²) in [7, 11) is -1.17. The van der Waals surface area contributed by atoms with E-state index in [1.807, 2.05) is 0 Å². The summed E-state index contributed by atoms with van der Waals surface area (Å²) < 4.78 is 23.1. The summed E-state index contributed by atoms with van der Waals surface area (Å²) in [6.45, 7) is 0.532. The van der Waals surface area contributed by atoms with Crippen LogP contribution in [0.3, 0.4) is 0 Å². The zero-order valence-corrected chi connectivity index (χ0v) is 10.5. The third-order valence-electron chi connectivity index (χ3n) is 2.82. The number of aromatic nitrogens is 2. The van der Waals surface area contributed by atoms with Gasteiger partial charge in [0, 0.05) is 12.0 Å². The Morgan fingerprint density at radius 2 is 2.00 bits per heavy atom. The smallest absolute Gasteiger partial charge is 0.151 e. The maximum absolute atomic E-state index is 11.6. The highest BCUT2D eigenvalue weighted by molar-refractivity contribution is 7.91. The minimum absolute atomic E-state index is 0.138. The van der Waals surface area contributed by atoms with Crippen molar-refractivity contribution in [2.45, 2.75) is 19.4 Å². The average molecular weight is 256 g/mol. The van der Waals surface area contributed by atoms with E-state index in [0.29, 0.717) is 31.0 Å². The first-order chi connectivity index (χ1) is 8.02. The first kappa shape index (κ1) is 12.3. The fourth-order valence-electron chi connectivity index (χ4n) is 1.93. The number of hydrogen-bond acceptors (Lipinski definition) is 6. The number of aryl methyl sites for hydroxylation is 1. The van der Waals surface area contributed by atoms with Crippen LogP contribution in [0.4, 0.5) is 5.82 Å². The monoisotopic (exact) mass is 256 g/mol. The van der Waals surface area contributed by atoms with E-state index in [-0.39, 0.29) is 11.5 Å². The average Bonchev–Trinajstić information content (AvgIpc) is 2.39. The fraction of sp³-hybridized carbons (Fsp3) is 0.600. The van der Waals surface area contributed by atoms with Crippen molar-refractivity contribution in [2.75, 3.05) is 24.3 Å². The third-order valence-corrected chi connectivity index (χ3v) is 4.47. The van der Waals surface area contributed by atoms with Gasteiger partial charge in [-0.3, -0.25) is 0 Å². The van der Waals surface area contributed by atoms with Gasteiger partial charge in [0.25, 0.3) is 0 Å². The van der Waals surface area contributed by atoms with E-state index in [4.69, 9.17) is 5.73 Å². The van der Waals surface area contributed by atoms with Crippen LogP contribution >= 0.6 is 0 Å². The second-order valence-corrected chi connectivity index (χ2v) is 6.44. The molecule has 1 aliphatic heterocycles. The molecular formula is C10H16N4O2S. The second-order valence-electron chi connectivity index (χ2n) is 4.13. The molecule has 0 aromatic carbocycles. The molecule has 2 rings (SSSR count). The lowest BCUT2D eigenvalue weighted by Crippen LogP contribution is -2.14. The van der Waals surface area contributed by atoms with Gasteiger partial charge in [-0.25, -0.2) is 18.4 Å². The van der Waals surface area contributed by atoms with Crippen molar-refractivity contribution in [3.05, 3.63) is 17.1 Å². The van der Waals surface area contributed by atoms with Gasteiger partial charge in [-0.2, -0.15) is 0 Å². The Bertz CT molecular complexity index is 527. The van der Waals surface area contributed by atoms with E-state index in [9.17, 15) is 8.42 Å². The maximum Gasteiger partial charge on any atom is 0.151 e. The molecule has 0 aliphatic carbocycles. The van der Waals surface area contributed by atoms with Crippen LogP contribution in [0.1, 0.15) is 17.1 Å². The van der Waals surface area contributed by atoms with Crippen molar-refractivity contribution in [3.8, 4) is 0 Å². The van der Waals surface area contributed by atoms with Gasteiger partial charge in [0.1, 0.15) is 11.6 Å². The lowest BCUT2D eigenvalue weighted by molar-refractivity contribution is 0.596. The first-order valence-electron chi connectivity index (χ1n) is 5.51. The van der Waals surface area contributed by atoms with Gasteiger partial charge >= 0.3 is 0 Å². The molecule has 7 heteroatoms. The molecule has 0 spiro atoms. The zero-order valence-electron chi connectivity index (χ0n) is 9.73. The predicted octanol–water partition coefficient (Wildman–Crippen LogP) is -0.708. The van der Waals surface area contributed by atoms with Crippen LogP contribution in [-0.4, -0.2) is 36.9 Å². The number of fused-ring (bicyclic) bond motifs is 1.